The lowest BCUT2D eigenvalue weighted by atomic mass is 10.1. The van der Waals surface area contributed by atoms with Gasteiger partial charge in [0, 0.05) is 19.4 Å². The number of rotatable bonds is 10. The van der Waals surface area contributed by atoms with E-state index in [-0.39, 0.29) is 25.3 Å². The summed E-state index contributed by atoms with van der Waals surface area (Å²) in [5.74, 6) is -1.90. The minimum absolute atomic E-state index is 0.0254. The maximum atomic E-state index is 12.0. The largest absolute Gasteiger partial charge is 0.480 e. The van der Waals surface area contributed by atoms with Crippen LogP contribution in [0.4, 0.5) is 0 Å². The van der Waals surface area contributed by atoms with Gasteiger partial charge in [-0.3, -0.25) is 9.59 Å². The fourth-order valence-electron chi connectivity index (χ4n) is 2.71. The van der Waals surface area contributed by atoms with Gasteiger partial charge >= 0.3 is 5.97 Å². The van der Waals surface area contributed by atoms with E-state index in [1.54, 1.807) is 12.1 Å². The number of hydrogen-bond donors (Lipinski definition) is 4. The predicted octanol–water partition coefficient (Wildman–Crippen LogP) is 0.875. The van der Waals surface area contributed by atoms with Gasteiger partial charge in [0.2, 0.25) is 11.8 Å². The Labute approximate surface area is 163 Å². The van der Waals surface area contributed by atoms with Crippen molar-refractivity contribution in [3.63, 3.8) is 0 Å². The quantitative estimate of drug-likeness (QED) is 0.485. The van der Waals surface area contributed by atoms with Gasteiger partial charge in [0.1, 0.15) is 6.04 Å². The molecule has 5 N–H and O–H groups in total. The highest BCUT2D eigenvalue weighted by atomic mass is 16.4. The second kappa shape index (κ2) is 10.8. The minimum atomic E-state index is -1.11. The van der Waals surface area contributed by atoms with Crippen LogP contribution in [0.1, 0.15) is 17.5 Å². The molecule has 7 nitrogen and oxygen atoms in total. The molecule has 0 aliphatic heterocycles. The average molecular weight is 383 g/mol. The molecule has 0 bridgehead atoms. The lowest BCUT2D eigenvalue weighted by Gasteiger charge is -2.15. The molecule has 2 atom stereocenters. The van der Waals surface area contributed by atoms with Crippen molar-refractivity contribution >= 4 is 17.8 Å². The Morgan fingerprint density at radius 3 is 1.96 bits per heavy atom. The number of carboxylic acid groups (broad SMARTS) is 1. The molecule has 0 fully saturated rings. The lowest BCUT2D eigenvalue weighted by Crippen LogP contribution is -2.45. The number of hydrogen-bond acceptors (Lipinski definition) is 4. The summed E-state index contributed by atoms with van der Waals surface area (Å²) >= 11 is 0. The fourth-order valence-corrected chi connectivity index (χ4v) is 2.71. The van der Waals surface area contributed by atoms with E-state index in [0.717, 1.165) is 11.1 Å². The van der Waals surface area contributed by atoms with E-state index in [4.69, 9.17) is 5.73 Å². The van der Waals surface area contributed by atoms with Gasteiger partial charge in [-0.05, 0) is 17.5 Å². The summed E-state index contributed by atoms with van der Waals surface area (Å²) in [6, 6.07) is 16.7. The Kier molecular flexibility index (Phi) is 8.17. The standard InChI is InChI=1S/C21H25N3O4/c22-17(13-15-7-3-1-4-8-15)20(26)23-12-11-19(25)24-18(21(27)28)14-16-9-5-2-6-10-16/h1-10,17-18H,11-14,22H2,(H,23,26)(H,24,25)(H,27,28). The number of carboxylic acids is 1. The molecule has 0 aliphatic rings. The van der Waals surface area contributed by atoms with Crippen molar-refractivity contribution in [3.8, 4) is 0 Å². The number of benzene rings is 2. The fraction of sp³-hybridized carbons (Fsp3) is 0.286. The van der Waals surface area contributed by atoms with E-state index in [0.29, 0.717) is 6.42 Å². The van der Waals surface area contributed by atoms with Crippen LogP contribution in [-0.4, -0.2) is 41.5 Å². The van der Waals surface area contributed by atoms with Crippen molar-refractivity contribution in [1.82, 2.24) is 10.6 Å². The molecule has 2 amide bonds. The van der Waals surface area contributed by atoms with E-state index in [1.807, 2.05) is 48.5 Å². The van der Waals surface area contributed by atoms with E-state index >= 15 is 0 Å². The molecule has 28 heavy (non-hydrogen) atoms. The van der Waals surface area contributed by atoms with Crippen LogP contribution < -0.4 is 16.4 Å². The van der Waals surface area contributed by atoms with E-state index in [2.05, 4.69) is 10.6 Å². The number of amides is 2. The second-order valence-electron chi connectivity index (χ2n) is 6.49. The highest BCUT2D eigenvalue weighted by Gasteiger charge is 2.20. The molecule has 2 aromatic carbocycles. The minimum Gasteiger partial charge on any atom is -0.480 e. The van der Waals surface area contributed by atoms with Crippen molar-refractivity contribution in [2.75, 3.05) is 6.54 Å². The molecule has 0 saturated carbocycles. The zero-order valence-electron chi connectivity index (χ0n) is 15.5. The van der Waals surface area contributed by atoms with E-state index in [9.17, 15) is 19.5 Å². The topological polar surface area (TPSA) is 122 Å². The molecular formula is C21H25N3O4. The third kappa shape index (κ3) is 7.20. The van der Waals surface area contributed by atoms with Crippen molar-refractivity contribution in [2.24, 2.45) is 5.73 Å². The molecule has 2 aromatic rings. The summed E-state index contributed by atoms with van der Waals surface area (Å²) in [5, 5.41) is 14.4. The molecular weight excluding hydrogens is 358 g/mol. The van der Waals surface area contributed by atoms with Crippen LogP contribution in [0, 0.1) is 0 Å². The van der Waals surface area contributed by atoms with Crippen molar-refractivity contribution in [1.29, 1.82) is 0 Å². The Balaban J connectivity index is 1.74. The first-order valence-electron chi connectivity index (χ1n) is 9.09. The second-order valence-corrected chi connectivity index (χ2v) is 6.49. The molecule has 2 rings (SSSR count). The zero-order chi connectivity index (χ0) is 20.4. The Hall–Kier alpha value is -3.19. The van der Waals surface area contributed by atoms with Gasteiger partial charge in [0.05, 0.1) is 6.04 Å². The van der Waals surface area contributed by atoms with Gasteiger partial charge in [-0.2, -0.15) is 0 Å². The molecule has 0 saturated heterocycles. The van der Waals surface area contributed by atoms with E-state index in [1.165, 1.54) is 0 Å². The smallest absolute Gasteiger partial charge is 0.326 e. The molecule has 0 radical (unpaired) electrons. The van der Waals surface area contributed by atoms with Gasteiger partial charge < -0.3 is 21.5 Å². The van der Waals surface area contributed by atoms with Crippen molar-refractivity contribution < 1.29 is 19.5 Å². The monoisotopic (exact) mass is 383 g/mol. The van der Waals surface area contributed by atoms with Crippen LogP contribution >= 0.6 is 0 Å². The molecule has 148 valence electrons. The van der Waals surface area contributed by atoms with Crippen molar-refractivity contribution in [2.45, 2.75) is 31.3 Å². The summed E-state index contributed by atoms with van der Waals surface area (Å²) in [6.45, 7) is 0.0881. The van der Waals surface area contributed by atoms with Gasteiger partial charge in [-0.15, -0.1) is 0 Å². The van der Waals surface area contributed by atoms with Gasteiger partial charge in [0.25, 0.3) is 0 Å². The van der Waals surface area contributed by atoms with Crippen molar-refractivity contribution in [3.05, 3.63) is 71.8 Å². The normalized spacial score (nSPS) is 12.6. The van der Waals surface area contributed by atoms with Crippen LogP contribution in [0.25, 0.3) is 0 Å². The van der Waals surface area contributed by atoms with E-state index < -0.39 is 24.0 Å². The van der Waals surface area contributed by atoms with Crippen LogP contribution in [-0.2, 0) is 27.2 Å². The molecule has 0 aliphatic carbocycles. The predicted molar refractivity (Wildman–Crippen MR) is 105 cm³/mol. The SMILES string of the molecule is NC(Cc1ccccc1)C(=O)NCCC(=O)NC(Cc1ccccc1)C(=O)O. The molecule has 7 heteroatoms. The van der Waals surface area contributed by atoms with Gasteiger partial charge in [0.15, 0.2) is 0 Å². The summed E-state index contributed by atoms with van der Waals surface area (Å²) in [4.78, 5) is 35.5. The van der Waals surface area contributed by atoms with Gasteiger partial charge in [-0.1, -0.05) is 60.7 Å². The zero-order valence-corrected chi connectivity index (χ0v) is 15.5. The molecule has 0 spiro atoms. The Morgan fingerprint density at radius 1 is 0.893 bits per heavy atom. The maximum Gasteiger partial charge on any atom is 0.326 e. The lowest BCUT2D eigenvalue weighted by molar-refractivity contribution is -0.141. The highest BCUT2D eigenvalue weighted by Crippen LogP contribution is 2.04. The Bertz CT molecular complexity index is 781. The van der Waals surface area contributed by atoms with Crippen LogP contribution in [0.3, 0.4) is 0 Å². The summed E-state index contributed by atoms with van der Waals surface area (Å²) in [5.41, 5.74) is 7.65. The number of aliphatic carboxylic acids is 1. The maximum absolute atomic E-state index is 12.0. The Morgan fingerprint density at radius 2 is 1.43 bits per heavy atom. The molecule has 0 heterocycles. The average Bonchev–Trinajstić information content (AvgIpc) is 2.69. The summed E-state index contributed by atoms with van der Waals surface area (Å²) < 4.78 is 0. The molecule has 2 unspecified atom stereocenters. The highest BCUT2D eigenvalue weighted by molar-refractivity contribution is 5.85. The summed E-state index contributed by atoms with van der Waals surface area (Å²) in [6.07, 6.45) is 0.565. The first-order chi connectivity index (χ1) is 13.5. The van der Waals surface area contributed by atoms with Gasteiger partial charge in [-0.25, -0.2) is 4.79 Å². The number of carbonyl (C=O) groups is 3. The third-order valence-electron chi connectivity index (χ3n) is 4.20. The number of carbonyl (C=O) groups excluding carboxylic acids is 2. The first kappa shape index (κ1) is 21.1. The summed E-state index contributed by atoms with van der Waals surface area (Å²) in [7, 11) is 0. The number of nitrogens with one attached hydrogen (secondary N) is 2. The first-order valence-corrected chi connectivity index (χ1v) is 9.09. The van der Waals surface area contributed by atoms with Crippen LogP contribution in [0.15, 0.2) is 60.7 Å². The van der Waals surface area contributed by atoms with Crippen LogP contribution in [0.2, 0.25) is 0 Å². The third-order valence-corrected chi connectivity index (χ3v) is 4.20. The molecule has 0 aromatic heterocycles. The van der Waals surface area contributed by atoms with Crippen LogP contribution in [0.5, 0.6) is 0 Å². The number of nitrogens with two attached hydrogens (primary N) is 1.